The Labute approximate surface area is 131 Å². The number of carbonyl (C=O) groups excluding carboxylic acids is 1. The molecule has 21 heavy (non-hydrogen) atoms. The number of ether oxygens (including phenoxy) is 1. The second kappa shape index (κ2) is 6.41. The lowest BCUT2D eigenvalue weighted by molar-refractivity contribution is 0.0467. The number of hydrogen-bond donors (Lipinski definition) is 0. The van der Waals surface area contributed by atoms with Crippen molar-refractivity contribution in [3.8, 4) is 0 Å². The maximum absolute atomic E-state index is 12.1. The van der Waals surface area contributed by atoms with Gasteiger partial charge in [0.25, 0.3) is 0 Å². The predicted molar refractivity (Wildman–Crippen MR) is 82.8 cm³/mol. The van der Waals surface area contributed by atoms with E-state index in [4.69, 9.17) is 4.74 Å². The van der Waals surface area contributed by atoms with E-state index >= 15 is 0 Å². The number of carbonyl (C=O) groups is 1. The molecule has 0 fully saturated rings. The Bertz CT molecular complexity index is 769. The summed E-state index contributed by atoms with van der Waals surface area (Å²) in [4.78, 5) is 12.1. The normalized spacial score (nSPS) is 11.1. The van der Waals surface area contributed by atoms with Crippen LogP contribution in [0.2, 0.25) is 0 Å². The van der Waals surface area contributed by atoms with Gasteiger partial charge in [-0.1, -0.05) is 46.3 Å². The molecule has 0 N–H and O–H groups in total. The van der Waals surface area contributed by atoms with Crippen LogP contribution in [0, 0.1) is 0 Å². The quantitative estimate of drug-likeness (QED) is 0.777. The molecule has 2 rings (SSSR count). The lowest BCUT2D eigenvalue weighted by Gasteiger charge is -2.09. The third-order valence-corrected chi connectivity index (χ3v) is 4.75. The van der Waals surface area contributed by atoms with Crippen molar-refractivity contribution >= 4 is 31.7 Å². The van der Waals surface area contributed by atoms with Gasteiger partial charge in [-0.2, -0.15) is 0 Å². The fourth-order valence-electron chi connectivity index (χ4n) is 1.80. The van der Waals surface area contributed by atoms with Crippen molar-refractivity contribution in [3.63, 3.8) is 0 Å². The average molecular weight is 369 g/mol. The molecule has 0 aromatic heterocycles. The second-order valence-corrected chi connectivity index (χ2v) is 7.27. The molecule has 0 radical (unpaired) electrons. The molecule has 2 aromatic carbocycles. The van der Waals surface area contributed by atoms with Gasteiger partial charge < -0.3 is 4.74 Å². The van der Waals surface area contributed by atoms with E-state index in [9.17, 15) is 13.2 Å². The van der Waals surface area contributed by atoms with Gasteiger partial charge >= 0.3 is 5.97 Å². The van der Waals surface area contributed by atoms with E-state index in [2.05, 4.69) is 15.9 Å². The Morgan fingerprint density at radius 2 is 1.71 bits per heavy atom. The average Bonchev–Trinajstić information content (AvgIpc) is 2.45. The van der Waals surface area contributed by atoms with Gasteiger partial charge in [0.05, 0.1) is 10.5 Å². The summed E-state index contributed by atoms with van der Waals surface area (Å²) in [6.45, 7) is 0.0678. The lowest BCUT2D eigenvalue weighted by Crippen LogP contribution is -2.11. The largest absolute Gasteiger partial charge is 0.457 e. The topological polar surface area (TPSA) is 60.4 Å². The molecule has 0 unspecified atom stereocenters. The Morgan fingerprint density at radius 1 is 1.10 bits per heavy atom. The van der Waals surface area contributed by atoms with Crippen molar-refractivity contribution in [1.82, 2.24) is 0 Å². The molecule has 0 atom stereocenters. The van der Waals surface area contributed by atoms with Crippen molar-refractivity contribution in [3.05, 3.63) is 64.1 Å². The van der Waals surface area contributed by atoms with Crippen LogP contribution in [-0.4, -0.2) is 20.6 Å². The number of esters is 1. The van der Waals surface area contributed by atoms with Gasteiger partial charge in [0, 0.05) is 16.3 Å². The van der Waals surface area contributed by atoms with Gasteiger partial charge in [-0.3, -0.25) is 0 Å². The van der Waals surface area contributed by atoms with Crippen LogP contribution >= 0.6 is 15.9 Å². The van der Waals surface area contributed by atoms with E-state index < -0.39 is 15.8 Å². The Kier molecular flexibility index (Phi) is 4.80. The molecule has 0 bridgehead atoms. The summed E-state index contributed by atoms with van der Waals surface area (Å²) in [5.74, 6) is -0.660. The van der Waals surface area contributed by atoms with Gasteiger partial charge in [0.15, 0.2) is 9.84 Å². The zero-order valence-electron chi connectivity index (χ0n) is 11.2. The van der Waals surface area contributed by atoms with E-state index in [1.807, 2.05) is 24.3 Å². The number of halogens is 1. The molecule has 0 aliphatic heterocycles. The standard InChI is InChI=1S/C15H13BrO4S/c1-21(18,19)14-9-5-3-7-12(14)15(17)20-10-11-6-2-4-8-13(11)16/h2-9H,10H2,1H3. The maximum Gasteiger partial charge on any atom is 0.339 e. The summed E-state index contributed by atoms with van der Waals surface area (Å²) in [6.07, 6.45) is 1.06. The number of benzene rings is 2. The predicted octanol–water partition coefficient (Wildman–Crippen LogP) is 3.21. The van der Waals surface area contributed by atoms with E-state index in [-0.39, 0.29) is 17.1 Å². The van der Waals surface area contributed by atoms with Gasteiger partial charge in [-0.15, -0.1) is 0 Å². The molecule has 0 amide bonds. The molecule has 0 saturated carbocycles. The molecule has 0 aliphatic rings. The molecule has 6 heteroatoms. The highest BCUT2D eigenvalue weighted by Gasteiger charge is 2.19. The summed E-state index contributed by atoms with van der Waals surface area (Å²) in [5.41, 5.74) is 0.856. The fraction of sp³-hybridized carbons (Fsp3) is 0.133. The third-order valence-electron chi connectivity index (χ3n) is 2.82. The van der Waals surface area contributed by atoms with Crippen molar-refractivity contribution in [2.75, 3.05) is 6.26 Å². The highest BCUT2D eigenvalue weighted by molar-refractivity contribution is 9.10. The molecule has 0 spiro atoms. The minimum Gasteiger partial charge on any atom is -0.457 e. The van der Waals surface area contributed by atoms with Crippen molar-refractivity contribution in [2.45, 2.75) is 11.5 Å². The minimum absolute atomic E-state index is 0.0258. The molecular formula is C15H13BrO4S. The molecule has 0 aliphatic carbocycles. The smallest absolute Gasteiger partial charge is 0.339 e. The van der Waals surface area contributed by atoms with Crippen LogP contribution in [0.5, 0.6) is 0 Å². The highest BCUT2D eigenvalue weighted by atomic mass is 79.9. The number of sulfone groups is 1. The van der Waals surface area contributed by atoms with Crippen LogP contribution in [0.4, 0.5) is 0 Å². The molecule has 110 valence electrons. The zero-order chi connectivity index (χ0) is 15.5. The van der Waals surface area contributed by atoms with E-state index in [1.165, 1.54) is 12.1 Å². The Balaban J connectivity index is 2.21. The minimum atomic E-state index is -3.48. The fourth-order valence-corrected chi connectivity index (χ4v) is 3.07. The molecule has 0 saturated heterocycles. The first-order chi connectivity index (χ1) is 9.89. The van der Waals surface area contributed by atoms with Crippen LogP contribution in [0.3, 0.4) is 0 Å². The van der Waals surface area contributed by atoms with E-state index in [0.717, 1.165) is 16.3 Å². The first-order valence-corrected chi connectivity index (χ1v) is 8.77. The van der Waals surface area contributed by atoms with Crippen LogP contribution in [0.25, 0.3) is 0 Å². The summed E-state index contributed by atoms with van der Waals surface area (Å²) in [6, 6.07) is 13.4. The van der Waals surface area contributed by atoms with Gasteiger partial charge in [-0.05, 0) is 18.2 Å². The van der Waals surface area contributed by atoms with Crippen LogP contribution in [0.15, 0.2) is 57.9 Å². The van der Waals surface area contributed by atoms with Gasteiger partial charge in [-0.25, -0.2) is 13.2 Å². The van der Waals surface area contributed by atoms with Crippen LogP contribution < -0.4 is 0 Å². The molecule has 2 aromatic rings. The maximum atomic E-state index is 12.1. The van der Waals surface area contributed by atoms with E-state index in [0.29, 0.717) is 0 Å². The molecular weight excluding hydrogens is 356 g/mol. The Hall–Kier alpha value is -1.66. The third kappa shape index (κ3) is 3.92. The van der Waals surface area contributed by atoms with Crippen molar-refractivity contribution in [1.29, 1.82) is 0 Å². The number of hydrogen-bond acceptors (Lipinski definition) is 4. The highest BCUT2D eigenvalue weighted by Crippen LogP contribution is 2.19. The van der Waals surface area contributed by atoms with E-state index in [1.54, 1.807) is 12.1 Å². The monoisotopic (exact) mass is 368 g/mol. The van der Waals surface area contributed by atoms with Crippen molar-refractivity contribution < 1.29 is 17.9 Å². The number of rotatable bonds is 4. The van der Waals surface area contributed by atoms with Crippen LogP contribution in [-0.2, 0) is 21.2 Å². The first kappa shape index (κ1) is 15.7. The zero-order valence-corrected chi connectivity index (χ0v) is 13.6. The summed E-state index contributed by atoms with van der Waals surface area (Å²) in [5, 5.41) is 0. The SMILES string of the molecule is CS(=O)(=O)c1ccccc1C(=O)OCc1ccccc1Br. The van der Waals surface area contributed by atoms with Crippen molar-refractivity contribution in [2.24, 2.45) is 0 Å². The molecule has 4 nitrogen and oxygen atoms in total. The van der Waals surface area contributed by atoms with Crippen LogP contribution in [0.1, 0.15) is 15.9 Å². The summed E-state index contributed by atoms with van der Waals surface area (Å²) in [7, 11) is -3.48. The first-order valence-electron chi connectivity index (χ1n) is 6.09. The lowest BCUT2D eigenvalue weighted by atomic mass is 10.2. The second-order valence-electron chi connectivity index (χ2n) is 4.44. The summed E-state index contributed by atoms with van der Waals surface area (Å²) < 4.78 is 29.4. The van der Waals surface area contributed by atoms with Gasteiger partial charge in [0.2, 0.25) is 0 Å². The van der Waals surface area contributed by atoms with Gasteiger partial charge in [0.1, 0.15) is 6.61 Å². The molecule has 0 heterocycles. The summed E-state index contributed by atoms with van der Waals surface area (Å²) >= 11 is 3.36. The Morgan fingerprint density at radius 3 is 2.38 bits per heavy atom.